The van der Waals surface area contributed by atoms with Crippen molar-refractivity contribution in [3.05, 3.63) is 72.1 Å². The predicted molar refractivity (Wildman–Crippen MR) is 153 cm³/mol. The van der Waals surface area contributed by atoms with Crippen molar-refractivity contribution in [1.82, 2.24) is 9.97 Å². The minimum absolute atomic E-state index is 0.400. The van der Waals surface area contributed by atoms with Crippen molar-refractivity contribution in [2.24, 2.45) is 5.92 Å². The summed E-state index contributed by atoms with van der Waals surface area (Å²) in [5, 5.41) is 0. The molecule has 0 N–H and O–H groups in total. The fourth-order valence-electron chi connectivity index (χ4n) is 5.39. The third-order valence-corrected chi connectivity index (χ3v) is 7.68. The van der Waals surface area contributed by atoms with E-state index in [1.807, 2.05) is 31.5 Å². The molecule has 1 aliphatic carbocycles. The zero-order valence-corrected chi connectivity index (χ0v) is 23.0. The lowest BCUT2D eigenvalue weighted by Crippen LogP contribution is -2.14. The van der Waals surface area contributed by atoms with Crippen LogP contribution in [0.15, 0.2) is 60.9 Å². The Morgan fingerprint density at radius 2 is 1.42 bits per heavy atom. The van der Waals surface area contributed by atoms with Gasteiger partial charge in [0, 0.05) is 18.0 Å². The van der Waals surface area contributed by atoms with E-state index in [1.165, 1.54) is 76.2 Å². The van der Waals surface area contributed by atoms with E-state index in [2.05, 4.69) is 16.9 Å². The van der Waals surface area contributed by atoms with Gasteiger partial charge >= 0.3 is 5.97 Å². The SMILES string of the molecule is CCCCCCCCC1CCC(c2cnc(-c3ccc(OC(=O)c4ccc(OCC)cc4)cc3)nc2)CC1. The Bertz CT molecular complexity index is 1100. The number of hydrogen-bond acceptors (Lipinski definition) is 5. The van der Waals surface area contributed by atoms with Crippen molar-refractivity contribution in [3.8, 4) is 22.9 Å². The highest BCUT2D eigenvalue weighted by molar-refractivity contribution is 5.91. The topological polar surface area (TPSA) is 61.3 Å². The lowest BCUT2D eigenvalue weighted by atomic mass is 9.77. The maximum Gasteiger partial charge on any atom is 0.343 e. The van der Waals surface area contributed by atoms with Crippen LogP contribution in [0.3, 0.4) is 0 Å². The van der Waals surface area contributed by atoms with E-state index in [0.717, 1.165) is 17.2 Å². The quantitative estimate of drug-likeness (QED) is 0.130. The van der Waals surface area contributed by atoms with E-state index in [9.17, 15) is 4.79 Å². The fraction of sp³-hybridized carbons (Fsp3) is 0.485. The summed E-state index contributed by atoms with van der Waals surface area (Å²) >= 11 is 0. The number of esters is 1. The van der Waals surface area contributed by atoms with Gasteiger partial charge in [-0.1, -0.05) is 51.9 Å². The molecule has 0 atom stereocenters. The lowest BCUT2D eigenvalue weighted by molar-refractivity contribution is 0.0734. The minimum atomic E-state index is -0.400. The number of benzene rings is 2. The van der Waals surface area contributed by atoms with Gasteiger partial charge in [0.25, 0.3) is 0 Å². The zero-order chi connectivity index (χ0) is 26.6. The molecule has 2 aromatic carbocycles. The van der Waals surface area contributed by atoms with Crippen molar-refractivity contribution >= 4 is 5.97 Å². The Hall–Kier alpha value is -3.21. The van der Waals surface area contributed by atoms with E-state index in [0.29, 0.717) is 29.7 Å². The first kappa shape index (κ1) is 27.8. The minimum Gasteiger partial charge on any atom is -0.494 e. The number of nitrogens with zero attached hydrogens (tertiary/aromatic N) is 2. The summed E-state index contributed by atoms with van der Waals surface area (Å²) in [6.07, 6.45) is 18.9. The van der Waals surface area contributed by atoms with E-state index >= 15 is 0 Å². The molecule has 0 unspecified atom stereocenters. The number of hydrogen-bond donors (Lipinski definition) is 0. The second kappa shape index (κ2) is 14.7. The molecule has 0 bridgehead atoms. The van der Waals surface area contributed by atoms with Crippen LogP contribution in [0.2, 0.25) is 0 Å². The molecular formula is C33H42N2O3. The highest BCUT2D eigenvalue weighted by atomic mass is 16.5. The van der Waals surface area contributed by atoms with E-state index in [1.54, 1.807) is 36.4 Å². The van der Waals surface area contributed by atoms with Gasteiger partial charge in [0.15, 0.2) is 5.82 Å². The van der Waals surface area contributed by atoms with E-state index in [4.69, 9.17) is 9.47 Å². The molecular weight excluding hydrogens is 472 g/mol. The molecule has 0 spiro atoms. The van der Waals surface area contributed by atoms with E-state index in [-0.39, 0.29) is 0 Å². The monoisotopic (exact) mass is 514 g/mol. The molecule has 0 radical (unpaired) electrons. The van der Waals surface area contributed by atoms with Crippen LogP contribution in [0.5, 0.6) is 11.5 Å². The van der Waals surface area contributed by atoms with Gasteiger partial charge in [-0.3, -0.25) is 0 Å². The van der Waals surface area contributed by atoms with Gasteiger partial charge in [-0.2, -0.15) is 0 Å². The predicted octanol–water partition coefficient (Wildman–Crippen LogP) is 8.79. The summed E-state index contributed by atoms with van der Waals surface area (Å²) in [6, 6.07) is 14.3. The van der Waals surface area contributed by atoms with Crippen LogP contribution < -0.4 is 9.47 Å². The number of carbonyl (C=O) groups excluding carboxylic acids is 1. The first-order valence-electron chi connectivity index (χ1n) is 14.5. The van der Waals surface area contributed by atoms with Crippen molar-refractivity contribution < 1.29 is 14.3 Å². The van der Waals surface area contributed by atoms with Gasteiger partial charge in [0.1, 0.15) is 11.5 Å². The first-order chi connectivity index (χ1) is 18.7. The summed E-state index contributed by atoms with van der Waals surface area (Å²) < 4.78 is 10.9. The van der Waals surface area contributed by atoms with Crippen LogP contribution in [0, 0.1) is 5.92 Å². The normalized spacial score (nSPS) is 17.2. The fourth-order valence-corrected chi connectivity index (χ4v) is 5.39. The van der Waals surface area contributed by atoms with Crippen molar-refractivity contribution in [2.75, 3.05) is 6.61 Å². The summed E-state index contributed by atoms with van der Waals surface area (Å²) in [6.45, 7) is 4.79. The second-order valence-corrected chi connectivity index (χ2v) is 10.5. The van der Waals surface area contributed by atoms with Crippen LogP contribution >= 0.6 is 0 Å². The molecule has 0 amide bonds. The lowest BCUT2D eigenvalue weighted by Gasteiger charge is -2.28. The van der Waals surface area contributed by atoms with Crippen LogP contribution in [0.4, 0.5) is 0 Å². The molecule has 38 heavy (non-hydrogen) atoms. The van der Waals surface area contributed by atoms with Crippen molar-refractivity contribution in [2.45, 2.75) is 90.4 Å². The summed E-state index contributed by atoms with van der Waals surface area (Å²) in [7, 11) is 0. The zero-order valence-electron chi connectivity index (χ0n) is 23.0. The molecule has 0 aliphatic heterocycles. The van der Waals surface area contributed by atoms with Gasteiger partial charge in [-0.15, -0.1) is 0 Å². The van der Waals surface area contributed by atoms with Crippen LogP contribution in [-0.2, 0) is 0 Å². The Kier molecular flexibility index (Phi) is 10.7. The average molecular weight is 515 g/mol. The third-order valence-electron chi connectivity index (χ3n) is 7.68. The molecule has 1 heterocycles. The summed E-state index contributed by atoms with van der Waals surface area (Å²) in [5.74, 6) is 2.99. The van der Waals surface area contributed by atoms with Crippen LogP contribution in [0.1, 0.15) is 106 Å². The maximum atomic E-state index is 12.5. The molecule has 5 heteroatoms. The van der Waals surface area contributed by atoms with Gasteiger partial charge in [-0.05, 0) is 98.5 Å². The Balaban J connectivity index is 1.23. The average Bonchev–Trinajstić information content (AvgIpc) is 2.96. The molecule has 3 aromatic rings. The largest absolute Gasteiger partial charge is 0.494 e. The standard InChI is InChI=1S/C33H42N2O3/c1-3-5-6-7-8-9-10-25-11-13-26(14-12-25)29-23-34-32(35-24-29)27-15-21-31(22-16-27)38-33(36)28-17-19-30(20-18-28)37-4-2/h15-26H,3-14H2,1-2H3. The Labute approximate surface area is 228 Å². The summed E-state index contributed by atoms with van der Waals surface area (Å²) in [4.78, 5) is 21.8. The van der Waals surface area contributed by atoms with E-state index < -0.39 is 5.97 Å². The summed E-state index contributed by atoms with van der Waals surface area (Å²) in [5.41, 5.74) is 2.64. The van der Waals surface area contributed by atoms with Crippen LogP contribution in [-0.4, -0.2) is 22.5 Å². The Morgan fingerprint density at radius 1 is 0.789 bits per heavy atom. The van der Waals surface area contributed by atoms with Gasteiger partial charge in [-0.25, -0.2) is 14.8 Å². The molecule has 0 saturated heterocycles. The maximum absolute atomic E-state index is 12.5. The molecule has 1 fully saturated rings. The molecule has 4 rings (SSSR count). The number of unbranched alkanes of at least 4 members (excludes halogenated alkanes) is 5. The molecule has 202 valence electrons. The third kappa shape index (κ3) is 8.14. The number of ether oxygens (including phenoxy) is 2. The molecule has 1 aromatic heterocycles. The number of aromatic nitrogens is 2. The van der Waals surface area contributed by atoms with Gasteiger partial charge in [0.05, 0.1) is 12.2 Å². The van der Waals surface area contributed by atoms with Crippen molar-refractivity contribution in [1.29, 1.82) is 0 Å². The van der Waals surface area contributed by atoms with Gasteiger partial charge in [0.2, 0.25) is 0 Å². The molecule has 1 saturated carbocycles. The smallest absolute Gasteiger partial charge is 0.343 e. The molecule has 5 nitrogen and oxygen atoms in total. The Morgan fingerprint density at radius 3 is 2.08 bits per heavy atom. The highest BCUT2D eigenvalue weighted by Gasteiger charge is 2.22. The highest BCUT2D eigenvalue weighted by Crippen LogP contribution is 2.37. The number of carbonyl (C=O) groups is 1. The van der Waals surface area contributed by atoms with Crippen LogP contribution in [0.25, 0.3) is 11.4 Å². The second-order valence-electron chi connectivity index (χ2n) is 10.5. The molecule has 1 aliphatic rings. The van der Waals surface area contributed by atoms with Crippen molar-refractivity contribution in [3.63, 3.8) is 0 Å². The first-order valence-corrected chi connectivity index (χ1v) is 14.5. The van der Waals surface area contributed by atoms with Gasteiger partial charge < -0.3 is 9.47 Å². The number of rotatable bonds is 13.